The smallest absolute Gasteiger partial charge is 0.135 e. The lowest BCUT2D eigenvalue weighted by molar-refractivity contribution is 0.246. The molecule has 1 aliphatic rings. The van der Waals surface area contributed by atoms with Gasteiger partial charge in [-0.25, -0.2) is 19.3 Å². The second kappa shape index (κ2) is 8.55. The average molecular weight is 412 g/mol. The van der Waals surface area contributed by atoms with Crippen LogP contribution in [0.3, 0.4) is 0 Å². The van der Waals surface area contributed by atoms with Crippen LogP contribution < -0.4 is 5.32 Å². The van der Waals surface area contributed by atoms with Gasteiger partial charge in [0.2, 0.25) is 0 Å². The first-order valence-electron chi connectivity index (χ1n) is 10.1. The maximum Gasteiger partial charge on any atom is 0.135 e. The standard InChI is InChI=1S/C22H26FN5S/c1-4-20-24-14(2)21(29-20)18-12-19(25-17-9-5-8-16(23)11-17)27-22(26-18)15-7-6-10-28(3)13-15/h5,8-9,11-12,15H,4,6-7,10,13H2,1-3H3,(H,25,26,27). The summed E-state index contributed by atoms with van der Waals surface area (Å²) >= 11 is 1.69. The van der Waals surface area contributed by atoms with E-state index in [1.54, 1.807) is 17.4 Å². The summed E-state index contributed by atoms with van der Waals surface area (Å²) < 4.78 is 13.6. The number of aromatic nitrogens is 3. The summed E-state index contributed by atoms with van der Waals surface area (Å²) in [7, 11) is 2.14. The Morgan fingerprint density at radius 2 is 2.10 bits per heavy atom. The van der Waals surface area contributed by atoms with Gasteiger partial charge in [-0.3, -0.25) is 0 Å². The van der Waals surface area contributed by atoms with Gasteiger partial charge in [-0.15, -0.1) is 11.3 Å². The Bertz CT molecular complexity index is 1000. The highest BCUT2D eigenvalue weighted by molar-refractivity contribution is 7.15. The Hall–Kier alpha value is -2.38. The summed E-state index contributed by atoms with van der Waals surface area (Å²) in [5.74, 6) is 1.55. The number of aryl methyl sites for hydroxylation is 2. The number of halogens is 1. The topological polar surface area (TPSA) is 53.9 Å². The molecule has 0 aliphatic carbocycles. The van der Waals surface area contributed by atoms with Crippen LogP contribution in [0.15, 0.2) is 30.3 Å². The Morgan fingerprint density at radius 3 is 2.83 bits per heavy atom. The van der Waals surface area contributed by atoms with E-state index in [9.17, 15) is 4.39 Å². The van der Waals surface area contributed by atoms with E-state index in [1.165, 1.54) is 12.1 Å². The van der Waals surface area contributed by atoms with Gasteiger partial charge in [0.05, 0.1) is 21.3 Å². The lowest BCUT2D eigenvalue weighted by atomic mass is 9.97. The SMILES string of the molecule is CCc1nc(C)c(-c2cc(Nc3cccc(F)c3)nc(C3CCCN(C)C3)n2)s1. The van der Waals surface area contributed by atoms with E-state index in [4.69, 9.17) is 9.97 Å². The predicted molar refractivity (Wildman–Crippen MR) is 116 cm³/mol. The molecule has 0 saturated carbocycles. The van der Waals surface area contributed by atoms with Crippen molar-refractivity contribution in [1.82, 2.24) is 19.9 Å². The number of piperidine rings is 1. The van der Waals surface area contributed by atoms with E-state index >= 15 is 0 Å². The highest BCUT2D eigenvalue weighted by atomic mass is 32.1. The zero-order valence-corrected chi connectivity index (χ0v) is 17.9. The number of nitrogens with one attached hydrogen (secondary N) is 1. The molecule has 152 valence electrons. The fourth-order valence-electron chi connectivity index (χ4n) is 3.76. The summed E-state index contributed by atoms with van der Waals surface area (Å²) in [5.41, 5.74) is 2.56. The Morgan fingerprint density at radius 1 is 1.24 bits per heavy atom. The zero-order chi connectivity index (χ0) is 20.4. The number of nitrogens with zero attached hydrogens (tertiary/aromatic N) is 4. The van der Waals surface area contributed by atoms with E-state index in [-0.39, 0.29) is 5.82 Å². The molecule has 0 radical (unpaired) electrons. The highest BCUT2D eigenvalue weighted by Crippen LogP contribution is 2.33. The molecular weight excluding hydrogens is 385 g/mol. The van der Waals surface area contributed by atoms with E-state index in [1.807, 2.05) is 19.1 Å². The lowest BCUT2D eigenvalue weighted by Crippen LogP contribution is -2.31. The number of anilines is 2. The van der Waals surface area contributed by atoms with Crippen molar-refractivity contribution >= 4 is 22.8 Å². The highest BCUT2D eigenvalue weighted by Gasteiger charge is 2.23. The summed E-state index contributed by atoms with van der Waals surface area (Å²) in [4.78, 5) is 17.8. The fourth-order valence-corrected chi connectivity index (χ4v) is 4.73. The molecule has 7 heteroatoms. The van der Waals surface area contributed by atoms with E-state index in [0.717, 1.165) is 59.4 Å². The van der Waals surface area contributed by atoms with Crippen LogP contribution in [0, 0.1) is 12.7 Å². The minimum atomic E-state index is -0.274. The van der Waals surface area contributed by atoms with Crippen molar-refractivity contribution in [2.24, 2.45) is 0 Å². The van der Waals surface area contributed by atoms with Gasteiger partial charge < -0.3 is 10.2 Å². The largest absolute Gasteiger partial charge is 0.340 e. The number of likely N-dealkylation sites (tertiary alicyclic amines) is 1. The first kappa shape index (κ1) is 19.9. The summed E-state index contributed by atoms with van der Waals surface area (Å²) in [5, 5.41) is 4.37. The van der Waals surface area contributed by atoms with Gasteiger partial charge in [0.15, 0.2) is 0 Å². The summed E-state index contributed by atoms with van der Waals surface area (Å²) in [6, 6.07) is 8.39. The third-order valence-electron chi connectivity index (χ3n) is 5.21. The Labute approximate surface area is 175 Å². The summed E-state index contributed by atoms with van der Waals surface area (Å²) in [6.45, 7) is 6.20. The minimum absolute atomic E-state index is 0.274. The first-order valence-corrected chi connectivity index (χ1v) is 10.9. The van der Waals surface area contributed by atoms with Gasteiger partial charge in [-0.2, -0.15) is 0 Å². The van der Waals surface area contributed by atoms with Crippen molar-refractivity contribution in [2.45, 2.75) is 39.0 Å². The summed E-state index contributed by atoms with van der Waals surface area (Å²) in [6.07, 6.45) is 3.13. The molecule has 3 aromatic rings. The molecule has 1 aromatic carbocycles. The van der Waals surface area contributed by atoms with Crippen molar-refractivity contribution in [3.63, 3.8) is 0 Å². The molecule has 1 unspecified atom stereocenters. The van der Waals surface area contributed by atoms with Gasteiger partial charge in [0, 0.05) is 24.2 Å². The Balaban J connectivity index is 1.75. The number of benzene rings is 1. The van der Waals surface area contributed by atoms with Crippen LogP contribution in [0.4, 0.5) is 15.9 Å². The zero-order valence-electron chi connectivity index (χ0n) is 17.1. The molecule has 1 atom stereocenters. The quantitative estimate of drug-likeness (QED) is 0.628. The van der Waals surface area contributed by atoms with Crippen LogP contribution >= 0.6 is 11.3 Å². The van der Waals surface area contributed by atoms with E-state index in [0.29, 0.717) is 17.4 Å². The van der Waals surface area contributed by atoms with Gasteiger partial charge in [-0.05, 0) is 58.0 Å². The third-order valence-corrected chi connectivity index (χ3v) is 6.53. The van der Waals surface area contributed by atoms with Gasteiger partial charge in [0.1, 0.15) is 17.5 Å². The van der Waals surface area contributed by atoms with Crippen LogP contribution in [-0.2, 0) is 6.42 Å². The van der Waals surface area contributed by atoms with Crippen LogP contribution in [0.2, 0.25) is 0 Å². The van der Waals surface area contributed by atoms with Crippen LogP contribution in [-0.4, -0.2) is 40.0 Å². The third kappa shape index (κ3) is 4.62. The van der Waals surface area contributed by atoms with E-state index < -0.39 is 0 Å². The molecule has 4 rings (SSSR count). The molecular formula is C22H26FN5S. The second-order valence-electron chi connectivity index (χ2n) is 7.61. The molecule has 2 aromatic heterocycles. The van der Waals surface area contributed by atoms with Crippen LogP contribution in [0.5, 0.6) is 0 Å². The van der Waals surface area contributed by atoms with Crippen molar-refractivity contribution in [1.29, 1.82) is 0 Å². The van der Waals surface area contributed by atoms with Crippen LogP contribution in [0.1, 0.15) is 42.2 Å². The molecule has 3 heterocycles. The average Bonchev–Trinajstić information content (AvgIpc) is 3.09. The molecule has 29 heavy (non-hydrogen) atoms. The van der Waals surface area contributed by atoms with Gasteiger partial charge in [-0.1, -0.05) is 13.0 Å². The van der Waals surface area contributed by atoms with Crippen molar-refractivity contribution in [3.8, 4) is 10.6 Å². The number of thiazole rings is 1. The second-order valence-corrected chi connectivity index (χ2v) is 8.69. The molecule has 0 amide bonds. The molecule has 1 N–H and O–H groups in total. The van der Waals surface area contributed by atoms with Crippen LogP contribution in [0.25, 0.3) is 10.6 Å². The van der Waals surface area contributed by atoms with Crippen molar-refractivity contribution in [3.05, 3.63) is 52.7 Å². The molecule has 0 bridgehead atoms. The maximum absolute atomic E-state index is 13.6. The van der Waals surface area contributed by atoms with Crippen molar-refractivity contribution in [2.75, 3.05) is 25.5 Å². The predicted octanol–water partition coefficient (Wildman–Crippen LogP) is 5.16. The number of hydrogen-bond acceptors (Lipinski definition) is 6. The molecule has 1 aliphatic heterocycles. The fraction of sp³-hybridized carbons (Fsp3) is 0.409. The van der Waals surface area contributed by atoms with Crippen molar-refractivity contribution < 1.29 is 4.39 Å². The van der Waals surface area contributed by atoms with Gasteiger partial charge >= 0.3 is 0 Å². The van der Waals surface area contributed by atoms with E-state index in [2.05, 4.69) is 29.2 Å². The monoisotopic (exact) mass is 411 g/mol. The van der Waals surface area contributed by atoms with Gasteiger partial charge in [0.25, 0.3) is 0 Å². The minimum Gasteiger partial charge on any atom is -0.340 e. The molecule has 5 nitrogen and oxygen atoms in total. The lowest BCUT2D eigenvalue weighted by Gasteiger charge is -2.29. The normalized spacial score (nSPS) is 17.4. The number of likely N-dealkylation sites (N-methyl/N-ethyl adjacent to an activating group) is 1. The molecule has 0 spiro atoms. The molecule has 1 fully saturated rings. The Kier molecular flexibility index (Phi) is 5.87. The maximum atomic E-state index is 13.6. The molecule has 1 saturated heterocycles. The number of rotatable bonds is 5. The first-order chi connectivity index (χ1) is 14.0. The number of hydrogen-bond donors (Lipinski definition) is 1.